The number of amides is 2. The van der Waals surface area contributed by atoms with Gasteiger partial charge in [0.15, 0.2) is 0 Å². The molecule has 2 fully saturated rings. The zero-order valence-electron chi connectivity index (χ0n) is 17.2. The van der Waals surface area contributed by atoms with Crippen LogP contribution in [0.25, 0.3) is 0 Å². The average Bonchev–Trinajstić information content (AvgIpc) is 2.95. The van der Waals surface area contributed by atoms with Crippen LogP contribution in [0.1, 0.15) is 43.7 Å². The van der Waals surface area contributed by atoms with E-state index in [1.165, 1.54) is 0 Å². The van der Waals surface area contributed by atoms with Gasteiger partial charge in [0.05, 0.1) is 12.5 Å². The van der Waals surface area contributed by atoms with E-state index in [0.29, 0.717) is 19.1 Å². The molecule has 3 N–H and O–H groups in total. The second-order valence-corrected chi connectivity index (χ2v) is 8.17. The van der Waals surface area contributed by atoms with Crippen LogP contribution in [-0.2, 0) is 27.5 Å². The first-order valence-corrected chi connectivity index (χ1v) is 10.6. The van der Waals surface area contributed by atoms with Crippen LogP contribution in [0.4, 0.5) is 0 Å². The maximum atomic E-state index is 12.9. The molecule has 2 amide bonds. The van der Waals surface area contributed by atoms with E-state index < -0.39 is 0 Å². The number of aliphatic hydroxyl groups excluding tert-OH is 1. The van der Waals surface area contributed by atoms with Crippen molar-refractivity contribution < 1.29 is 19.4 Å². The van der Waals surface area contributed by atoms with Gasteiger partial charge in [-0.2, -0.15) is 0 Å². The lowest BCUT2D eigenvalue weighted by Crippen LogP contribution is -2.48. The van der Waals surface area contributed by atoms with Crippen molar-refractivity contribution in [1.82, 2.24) is 15.5 Å². The number of nitrogens with one attached hydrogen (secondary N) is 2. The van der Waals surface area contributed by atoms with Crippen LogP contribution < -0.4 is 10.6 Å². The molecule has 2 atom stereocenters. The first kappa shape index (κ1) is 21.7. The number of carbonyl (C=O) groups excluding carboxylic acids is 2. The van der Waals surface area contributed by atoms with Crippen LogP contribution in [0.15, 0.2) is 24.3 Å². The topological polar surface area (TPSA) is 90.9 Å². The van der Waals surface area contributed by atoms with Crippen molar-refractivity contribution in [3.8, 4) is 0 Å². The fraction of sp³-hybridized carbons (Fsp3) is 0.636. The molecule has 7 heteroatoms. The standard InChI is InChI=1S/C22H33N3O4/c1-16(27)24-20-6-5-19(13-25(14-20)21-7-9-29-10-8-21)22(28)23-12-17-3-2-4-18(11-17)15-26/h2-4,11,19-21,26H,5-10,12-15H2,1H3,(H,23,28)(H,24,27)/t19-,20+/m1/s1. The molecule has 0 radical (unpaired) electrons. The molecule has 7 nitrogen and oxygen atoms in total. The van der Waals surface area contributed by atoms with E-state index in [1.54, 1.807) is 6.92 Å². The molecule has 0 aromatic heterocycles. The largest absolute Gasteiger partial charge is 0.392 e. The molecular weight excluding hydrogens is 370 g/mol. The predicted octanol–water partition coefficient (Wildman–Crippen LogP) is 1.19. The molecule has 2 aliphatic rings. The van der Waals surface area contributed by atoms with E-state index in [0.717, 1.165) is 56.6 Å². The van der Waals surface area contributed by atoms with E-state index >= 15 is 0 Å². The van der Waals surface area contributed by atoms with Crippen LogP contribution in [0, 0.1) is 5.92 Å². The summed E-state index contributed by atoms with van der Waals surface area (Å²) < 4.78 is 5.50. The lowest BCUT2D eigenvalue weighted by molar-refractivity contribution is -0.126. The summed E-state index contributed by atoms with van der Waals surface area (Å²) in [7, 11) is 0. The minimum Gasteiger partial charge on any atom is -0.392 e. The van der Waals surface area contributed by atoms with Gasteiger partial charge in [0.2, 0.25) is 11.8 Å². The van der Waals surface area contributed by atoms with Crippen LogP contribution in [-0.4, -0.2) is 60.2 Å². The highest BCUT2D eigenvalue weighted by Gasteiger charge is 2.32. The monoisotopic (exact) mass is 403 g/mol. The quantitative estimate of drug-likeness (QED) is 0.664. The van der Waals surface area contributed by atoms with E-state index in [4.69, 9.17) is 4.74 Å². The van der Waals surface area contributed by atoms with Crippen molar-refractivity contribution in [3.05, 3.63) is 35.4 Å². The number of rotatable bonds is 6. The Labute approximate surface area is 172 Å². The van der Waals surface area contributed by atoms with Crippen LogP contribution in [0.5, 0.6) is 0 Å². The number of carbonyl (C=O) groups is 2. The molecule has 0 saturated carbocycles. The summed E-state index contributed by atoms with van der Waals surface area (Å²) in [5, 5.41) is 15.4. The van der Waals surface area contributed by atoms with Crippen molar-refractivity contribution in [1.29, 1.82) is 0 Å². The van der Waals surface area contributed by atoms with Gasteiger partial charge in [0, 0.05) is 51.9 Å². The first-order valence-electron chi connectivity index (χ1n) is 10.6. The SMILES string of the molecule is CC(=O)N[C@H]1CC[C@@H](C(=O)NCc2cccc(CO)c2)CN(C2CCOCC2)C1. The summed E-state index contributed by atoms with van der Waals surface area (Å²) in [4.78, 5) is 26.9. The molecule has 2 heterocycles. The fourth-order valence-electron chi connectivity index (χ4n) is 4.36. The predicted molar refractivity (Wildman–Crippen MR) is 110 cm³/mol. The van der Waals surface area contributed by atoms with Crippen molar-refractivity contribution in [2.75, 3.05) is 26.3 Å². The van der Waals surface area contributed by atoms with Gasteiger partial charge in [0.25, 0.3) is 0 Å². The lowest BCUT2D eigenvalue weighted by atomic mass is 10.00. The second-order valence-electron chi connectivity index (χ2n) is 8.17. The lowest BCUT2D eigenvalue weighted by Gasteiger charge is -2.36. The van der Waals surface area contributed by atoms with Crippen molar-refractivity contribution >= 4 is 11.8 Å². The van der Waals surface area contributed by atoms with Crippen LogP contribution in [0.2, 0.25) is 0 Å². The highest BCUT2D eigenvalue weighted by molar-refractivity contribution is 5.79. The normalized spacial score (nSPS) is 23.9. The molecule has 29 heavy (non-hydrogen) atoms. The molecule has 1 aromatic carbocycles. The van der Waals surface area contributed by atoms with Crippen LogP contribution in [0.3, 0.4) is 0 Å². The Kier molecular flexibility index (Phi) is 8.03. The maximum absolute atomic E-state index is 12.9. The van der Waals surface area contributed by atoms with Gasteiger partial charge in [-0.25, -0.2) is 0 Å². The van der Waals surface area contributed by atoms with Gasteiger partial charge < -0.3 is 20.5 Å². The Morgan fingerprint density at radius 1 is 1.14 bits per heavy atom. The third-order valence-electron chi connectivity index (χ3n) is 5.90. The van der Waals surface area contributed by atoms with E-state index in [-0.39, 0.29) is 30.4 Å². The summed E-state index contributed by atoms with van der Waals surface area (Å²) in [6.07, 6.45) is 3.49. The van der Waals surface area contributed by atoms with Crippen molar-refractivity contribution in [2.24, 2.45) is 5.92 Å². The molecule has 2 aliphatic heterocycles. The summed E-state index contributed by atoms with van der Waals surface area (Å²) in [5.41, 5.74) is 1.82. The van der Waals surface area contributed by atoms with E-state index in [1.807, 2.05) is 24.3 Å². The van der Waals surface area contributed by atoms with Crippen LogP contribution >= 0.6 is 0 Å². The molecule has 2 saturated heterocycles. The van der Waals surface area contributed by atoms with E-state index in [9.17, 15) is 14.7 Å². The fourth-order valence-corrected chi connectivity index (χ4v) is 4.36. The highest BCUT2D eigenvalue weighted by atomic mass is 16.5. The number of benzene rings is 1. The number of ether oxygens (including phenoxy) is 1. The average molecular weight is 404 g/mol. The minimum atomic E-state index is -0.0994. The summed E-state index contributed by atoms with van der Waals surface area (Å²) >= 11 is 0. The number of hydrogen-bond acceptors (Lipinski definition) is 5. The second kappa shape index (κ2) is 10.7. The molecule has 160 valence electrons. The molecule has 3 rings (SSSR count). The molecule has 0 unspecified atom stereocenters. The minimum absolute atomic E-state index is 0.00495. The molecule has 1 aromatic rings. The Morgan fingerprint density at radius 3 is 2.62 bits per heavy atom. The highest BCUT2D eigenvalue weighted by Crippen LogP contribution is 2.23. The molecular formula is C22H33N3O4. The number of hydrogen-bond donors (Lipinski definition) is 3. The summed E-state index contributed by atoms with van der Waals surface area (Å²) in [5.74, 6) is -0.0637. The van der Waals surface area contributed by atoms with Gasteiger partial charge in [0.1, 0.15) is 0 Å². The molecule has 0 spiro atoms. The Morgan fingerprint density at radius 2 is 1.90 bits per heavy atom. The Bertz CT molecular complexity index is 690. The third-order valence-corrected chi connectivity index (χ3v) is 5.90. The Balaban J connectivity index is 1.62. The zero-order valence-corrected chi connectivity index (χ0v) is 17.2. The Hall–Kier alpha value is -1.96. The number of nitrogens with zero attached hydrogens (tertiary/aromatic N) is 1. The van der Waals surface area contributed by atoms with Gasteiger partial charge in [-0.05, 0) is 36.8 Å². The van der Waals surface area contributed by atoms with Gasteiger partial charge in [-0.3, -0.25) is 14.5 Å². The van der Waals surface area contributed by atoms with E-state index in [2.05, 4.69) is 15.5 Å². The molecule has 0 bridgehead atoms. The number of aliphatic hydroxyl groups is 1. The third kappa shape index (κ3) is 6.52. The van der Waals surface area contributed by atoms with Gasteiger partial charge in [-0.15, -0.1) is 0 Å². The maximum Gasteiger partial charge on any atom is 0.224 e. The zero-order chi connectivity index (χ0) is 20.6. The van der Waals surface area contributed by atoms with Crippen molar-refractivity contribution in [2.45, 2.75) is 57.8 Å². The van der Waals surface area contributed by atoms with Gasteiger partial charge >= 0.3 is 0 Å². The van der Waals surface area contributed by atoms with Crippen molar-refractivity contribution in [3.63, 3.8) is 0 Å². The summed E-state index contributed by atoms with van der Waals surface area (Å²) in [6.45, 7) is 5.00. The first-order chi connectivity index (χ1) is 14.0. The summed E-state index contributed by atoms with van der Waals surface area (Å²) in [6, 6.07) is 8.10. The smallest absolute Gasteiger partial charge is 0.224 e. The number of likely N-dealkylation sites (tertiary alicyclic amines) is 1. The molecule has 0 aliphatic carbocycles. The van der Waals surface area contributed by atoms with Gasteiger partial charge in [-0.1, -0.05) is 24.3 Å².